The van der Waals surface area contributed by atoms with Gasteiger partial charge in [-0.2, -0.15) is 5.10 Å². The molecular formula is C16H22N4O2. The molecule has 22 heavy (non-hydrogen) atoms. The fourth-order valence-electron chi connectivity index (χ4n) is 3.41. The summed E-state index contributed by atoms with van der Waals surface area (Å²) in [5.74, 6) is 0.837. The van der Waals surface area contributed by atoms with E-state index in [1.807, 2.05) is 11.0 Å². The summed E-state index contributed by atoms with van der Waals surface area (Å²) in [5, 5.41) is 7.39. The summed E-state index contributed by atoms with van der Waals surface area (Å²) < 4.78 is 1.79. The molecule has 0 aromatic carbocycles. The van der Waals surface area contributed by atoms with Gasteiger partial charge in [-0.25, -0.2) is 0 Å². The molecule has 1 aromatic heterocycles. The highest BCUT2D eigenvalue weighted by atomic mass is 16.2. The molecule has 0 unspecified atom stereocenters. The van der Waals surface area contributed by atoms with Gasteiger partial charge in [0.05, 0.1) is 18.8 Å². The second-order valence-corrected chi connectivity index (χ2v) is 6.96. The van der Waals surface area contributed by atoms with Crippen LogP contribution in [0.5, 0.6) is 0 Å². The van der Waals surface area contributed by atoms with Crippen LogP contribution in [-0.2, 0) is 16.1 Å². The van der Waals surface area contributed by atoms with Gasteiger partial charge in [-0.15, -0.1) is 0 Å². The fourth-order valence-corrected chi connectivity index (χ4v) is 3.41. The van der Waals surface area contributed by atoms with Crippen LogP contribution in [0, 0.1) is 11.8 Å². The molecule has 0 bridgehead atoms. The number of nitrogens with one attached hydrogen (secondary N) is 1. The Balaban J connectivity index is 1.52. The van der Waals surface area contributed by atoms with E-state index in [2.05, 4.69) is 17.3 Å². The third-order valence-electron chi connectivity index (χ3n) is 5.29. The molecule has 2 fully saturated rings. The Morgan fingerprint density at radius 1 is 1.36 bits per heavy atom. The Kier molecular flexibility index (Phi) is 3.20. The number of fused-ring (bicyclic) bond motifs is 1. The summed E-state index contributed by atoms with van der Waals surface area (Å²) in [6, 6.07) is 1.82. The van der Waals surface area contributed by atoms with Crippen LogP contribution in [-0.4, -0.2) is 39.1 Å². The third-order valence-corrected chi connectivity index (χ3v) is 5.29. The van der Waals surface area contributed by atoms with E-state index < -0.39 is 6.04 Å². The first-order chi connectivity index (χ1) is 10.6. The van der Waals surface area contributed by atoms with Gasteiger partial charge in [0, 0.05) is 18.2 Å². The van der Waals surface area contributed by atoms with E-state index >= 15 is 0 Å². The minimum absolute atomic E-state index is 0.00371. The van der Waals surface area contributed by atoms with E-state index in [0.29, 0.717) is 25.0 Å². The number of nitrogens with zero attached hydrogens (tertiary/aromatic N) is 3. The molecule has 0 radical (unpaired) electrons. The zero-order valence-corrected chi connectivity index (χ0v) is 12.9. The van der Waals surface area contributed by atoms with Gasteiger partial charge in [0.25, 0.3) is 0 Å². The Labute approximate surface area is 129 Å². The molecule has 2 amide bonds. The normalized spacial score (nSPS) is 30.4. The summed E-state index contributed by atoms with van der Waals surface area (Å²) in [4.78, 5) is 26.9. The van der Waals surface area contributed by atoms with E-state index in [9.17, 15) is 9.59 Å². The van der Waals surface area contributed by atoms with Crippen LogP contribution >= 0.6 is 0 Å². The lowest BCUT2D eigenvalue weighted by atomic mass is 9.93. The topological polar surface area (TPSA) is 67.2 Å². The lowest BCUT2D eigenvalue weighted by molar-refractivity contribution is -0.137. The van der Waals surface area contributed by atoms with Gasteiger partial charge in [0.15, 0.2) is 0 Å². The lowest BCUT2D eigenvalue weighted by Crippen LogP contribution is -2.50. The van der Waals surface area contributed by atoms with Crippen molar-refractivity contribution >= 4 is 11.8 Å². The average molecular weight is 302 g/mol. The fraction of sp³-hybridized carbons (Fsp3) is 0.688. The predicted octanol–water partition coefficient (Wildman–Crippen LogP) is 1.09. The molecule has 1 aromatic rings. The number of aromatic nitrogens is 2. The molecular weight excluding hydrogens is 280 g/mol. The summed E-state index contributed by atoms with van der Waals surface area (Å²) in [7, 11) is 0. The van der Waals surface area contributed by atoms with Crippen molar-refractivity contribution in [3.05, 3.63) is 18.0 Å². The second-order valence-electron chi connectivity index (χ2n) is 6.96. The smallest absolute Gasteiger partial charge is 0.246 e. The molecule has 6 heteroatoms. The monoisotopic (exact) mass is 302 g/mol. The van der Waals surface area contributed by atoms with Gasteiger partial charge in [-0.05, 0) is 37.7 Å². The minimum atomic E-state index is -0.391. The first-order valence-corrected chi connectivity index (χ1v) is 8.25. The molecule has 6 nitrogen and oxygen atoms in total. The van der Waals surface area contributed by atoms with Crippen molar-refractivity contribution < 1.29 is 9.59 Å². The highest BCUT2D eigenvalue weighted by Gasteiger charge is 2.44. The van der Waals surface area contributed by atoms with Gasteiger partial charge in [0.2, 0.25) is 11.8 Å². The lowest BCUT2D eigenvalue weighted by Gasteiger charge is -2.35. The quantitative estimate of drug-likeness (QED) is 0.909. The van der Waals surface area contributed by atoms with Crippen LogP contribution in [0.3, 0.4) is 0 Å². The van der Waals surface area contributed by atoms with Crippen molar-refractivity contribution in [3.63, 3.8) is 0 Å². The van der Waals surface area contributed by atoms with Gasteiger partial charge in [0.1, 0.15) is 6.04 Å². The molecule has 3 atom stereocenters. The van der Waals surface area contributed by atoms with Crippen molar-refractivity contribution in [1.29, 1.82) is 0 Å². The SMILES string of the molecule is C[C@@H]1C[C@H]1C(=O)N1Cc2ccnn2[C@H](C(=O)NC2CCC2)C1. The second kappa shape index (κ2) is 5.11. The van der Waals surface area contributed by atoms with E-state index in [1.165, 1.54) is 6.42 Å². The molecule has 3 aliphatic rings. The molecule has 2 heterocycles. The van der Waals surface area contributed by atoms with E-state index in [4.69, 9.17) is 0 Å². The van der Waals surface area contributed by atoms with Crippen LogP contribution in [0.25, 0.3) is 0 Å². The molecule has 4 rings (SSSR count). The molecule has 1 N–H and O–H groups in total. The van der Waals surface area contributed by atoms with E-state index in [0.717, 1.165) is 25.0 Å². The van der Waals surface area contributed by atoms with Crippen molar-refractivity contribution in [2.45, 2.75) is 51.2 Å². The van der Waals surface area contributed by atoms with E-state index in [1.54, 1.807) is 10.9 Å². The molecule has 2 aliphatic carbocycles. The molecule has 2 saturated carbocycles. The van der Waals surface area contributed by atoms with Gasteiger partial charge >= 0.3 is 0 Å². The highest BCUT2D eigenvalue weighted by Crippen LogP contribution is 2.40. The van der Waals surface area contributed by atoms with Crippen molar-refractivity contribution in [3.8, 4) is 0 Å². The van der Waals surface area contributed by atoms with Crippen LogP contribution < -0.4 is 5.32 Å². The summed E-state index contributed by atoms with van der Waals surface area (Å²) >= 11 is 0. The zero-order chi connectivity index (χ0) is 15.3. The van der Waals surface area contributed by atoms with Gasteiger partial charge < -0.3 is 10.2 Å². The summed E-state index contributed by atoms with van der Waals surface area (Å²) in [5.41, 5.74) is 0.946. The van der Waals surface area contributed by atoms with Crippen LogP contribution in [0.15, 0.2) is 12.3 Å². The molecule has 118 valence electrons. The average Bonchev–Trinajstić information content (AvgIpc) is 3.00. The Bertz CT molecular complexity index is 607. The maximum atomic E-state index is 12.6. The summed E-state index contributed by atoms with van der Waals surface area (Å²) in [6.45, 7) is 3.11. The number of carbonyl (C=O) groups is 2. The molecule has 1 aliphatic heterocycles. The highest BCUT2D eigenvalue weighted by molar-refractivity contribution is 5.85. The standard InChI is InChI=1S/C16H22N4O2/c1-10-7-13(10)16(22)19-8-12-5-6-17-20(12)14(9-19)15(21)18-11-3-2-4-11/h5-6,10-11,13-14H,2-4,7-9H2,1H3,(H,18,21)/t10-,13-,14+/m1/s1. The minimum Gasteiger partial charge on any atom is -0.351 e. The van der Waals surface area contributed by atoms with Crippen molar-refractivity contribution in [2.24, 2.45) is 11.8 Å². The van der Waals surface area contributed by atoms with Crippen molar-refractivity contribution in [1.82, 2.24) is 20.0 Å². The van der Waals surface area contributed by atoms with Crippen LogP contribution in [0.1, 0.15) is 44.3 Å². The third kappa shape index (κ3) is 2.30. The zero-order valence-electron chi connectivity index (χ0n) is 12.9. The Morgan fingerprint density at radius 3 is 2.77 bits per heavy atom. The number of hydrogen-bond acceptors (Lipinski definition) is 3. The predicted molar refractivity (Wildman–Crippen MR) is 79.7 cm³/mol. The first kappa shape index (κ1) is 13.8. The maximum absolute atomic E-state index is 12.6. The van der Waals surface area contributed by atoms with Crippen molar-refractivity contribution in [2.75, 3.05) is 6.54 Å². The molecule has 0 saturated heterocycles. The van der Waals surface area contributed by atoms with Crippen LogP contribution in [0.2, 0.25) is 0 Å². The maximum Gasteiger partial charge on any atom is 0.246 e. The number of amides is 2. The number of carbonyl (C=O) groups excluding carboxylic acids is 2. The number of rotatable bonds is 3. The molecule has 0 spiro atoms. The Morgan fingerprint density at radius 2 is 2.14 bits per heavy atom. The van der Waals surface area contributed by atoms with Crippen LogP contribution in [0.4, 0.5) is 0 Å². The number of hydrogen-bond donors (Lipinski definition) is 1. The summed E-state index contributed by atoms with van der Waals surface area (Å²) in [6.07, 6.45) is 6.01. The van der Waals surface area contributed by atoms with Gasteiger partial charge in [-0.1, -0.05) is 6.92 Å². The van der Waals surface area contributed by atoms with Gasteiger partial charge in [-0.3, -0.25) is 14.3 Å². The largest absolute Gasteiger partial charge is 0.351 e. The Hall–Kier alpha value is -1.85. The van der Waals surface area contributed by atoms with E-state index in [-0.39, 0.29) is 17.7 Å². The first-order valence-electron chi connectivity index (χ1n) is 8.25.